The van der Waals surface area contributed by atoms with Crippen LogP contribution in [0, 0.1) is 0 Å². The molecule has 0 spiro atoms. The van der Waals surface area contributed by atoms with E-state index in [0.29, 0.717) is 13.2 Å². The molecule has 0 radical (unpaired) electrons. The quantitative estimate of drug-likeness (QED) is 0.105. The van der Waals surface area contributed by atoms with E-state index in [1.165, 1.54) is 22.0 Å². The van der Waals surface area contributed by atoms with Gasteiger partial charge in [-0.15, -0.1) is 0 Å². The number of rotatable bonds is 12. The average molecular weight is 407 g/mol. The van der Waals surface area contributed by atoms with E-state index in [2.05, 4.69) is 37.7 Å². The van der Waals surface area contributed by atoms with Crippen LogP contribution < -0.4 is 0 Å². The Kier molecular flexibility index (Phi) is 28.1. The van der Waals surface area contributed by atoms with Crippen molar-refractivity contribution in [2.24, 2.45) is 0 Å². The highest BCUT2D eigenvalue weighted by Gasteiger charge is 2.07. The van der Waals surface area contributed by atoms with Gasteiger partial charge in [0, 0.05) is 5.75 Å². The molecule has 0 fully saturated rings. The van der Waals surface area contributed by atoms with E-state index in [4.69, 9.17) is 4.89 Å². The lowest BCUT2D eigenvalue weighted by Gasteiger charge is -2.05. The van der Waals surface area contributed by atoms with Crippen LogP contribution in [0.1, 0.15) is 27.2 Å². The first-order valence-corrected chi connectivity index (χ1v) is 13.7. The van der Waals surface area contributed by atoms with Crippen LogP contribution in [0.15, 0.2) is 0 Å². The Bertz CT molecular complexity index is 148. The van der Waals surface area contributed by atoms with Crippen molar-refractivity contribution in [2.45, 2.75) is 27.2 Å². The summed E-state index contributed by atoms with van der Waals surface area (Å²) in [6.45, 7) is 6.36. The minimum Gasteiger partial charge on any atom is -0.325 e. The zero-order chi connectivity index (χ0) is 14.8. The molecule has 12 heteroatoms. The molecule has 0 aromatic rings. The zero-order valence-corrected chi connectivity index (χ0v) is 16.7. The summed E-state index contributed by atoms with van der Waals surface area (Å²) in [6.07, 6.45) is 1.26. The van der Waals surface area contributed by atoms with E-state index in [0.717, 1.165) is 0 Å². The summed E-state index contributed by atoms with van der Waals surface area (Å²) in [5, 5.41) is 0. The summed E-state index contributed by atoms with van der Waals surface area (Å²) in [4.78, 5) is 17.4. The molecule has 118 valence electrons. The molecular formula is C7H19O5PS6. The Morgan fingerprint density at radius 1 is 1.00 bits per heavy atom. The Labute approximate surface area is 140 Å². The molecule has 0 aromatic heterocycles. The normalized spacial score (nSPS) is 10.4. The predicted octanol–water partition coefficient (Wildman–Crippen LogP) is 5.71. The fourth-order valence-corrected chi connectivity index (χ4v) is 9.66. The molecule has 0 amide bonds. The van der Waals surface area contributed by atoms with E-state index in [9.17, 15) is 0 Å². The van der Waals surface area contributed by atoms with Crippen molar-refractivity contribution in [3.05, 3.63) is 0 Å². The molecule has 0 saturated heterocycles. The minimum absolute atomic E-state index is 0.356. The average Bonchev–Trinajstić information content (AvgIpc) is 2.43. The maximum Gasteiger partial charge on any atom is 0.389 e. The van der Waals surface area contributed by atoms with Gasteiger partial charge in [-0.05, 0) is 59.6 Å². The topological polar surface area (TPSA) is 57.2 Å². The van der Waals surface area contributed by atoms with Crippen LogP contribution in [0.2, 0.25) is 0 Å². The van der Waals surface area contributed by atoms with Crippen molar-refractivity contribution in [1.29, 1.82) is 0 Å². The van der Waals surface area contributed by atoms with Gasteiger partial charge in [0.2, 0.25) is 0 Å². The third-order valence-corrected chi connectivity index (χ3v) is 10.6. The largest absolute Gasteiger partial charge is 0.389 e. The van der Waals surface area contributed by atoms with Crippen LogP contribution >= 0.6 is 70.4 Å². The summed E-state index contributed by atoms with van der Waals surface area (Å²) in [6, 6.07) is 0. The fraction of sp³-hybridized carbons (Fsp3) is 1.00. The standard InChI is InChI=1S/C4H11O5P.C3H8S6/c1-3-6-8-10(5)9-7-4-2;1-2-3-5-7-9-8-6-4/h5H,3-4H2,1-2H3;4H,2-3H2,1H3. The van der Waals surface area contributed by atoms with Crippen molar-refractivity contribution in [3.63, 3.8) is 0 Å². The number of hydrogen-bond donors (Lipinski definition) is 2. The van der Waals surface area contributed by atoms with Crippen LogP contribution in [0.4, 0.5) is 0 Å². The summed E-state index contributed by atoms with van der Waals surface area (Å²) >= 11 is 3.98. The van der Waals surface area contributed by atoms with E-state index in [-0.39, 0.29) is 0 Å². The first kappa shape index (κ1) is 23.6. The third kappa shape index (κ3) is 25.6. The first-order valence-electron chi connectivity index (χ1n) is 5.24. The van der Waals surface area contributed by atoms with Gasteiger partial charge in [0.1, 0.15) is 0 Å². The molecule has 0 aliphatic heterocycles. The first-order chi connectivity index (χ1) is 9.22. The van der Waals surface area contributed by atoms with Gasteiger partial charge in [-0.25, -0.2) is 9.78 Å². The van der Waals surface area contributed by atoms with E-state index in [1.54, 1.807) is 33.5 Å². The molecular weight excluding hydrogens is 387 g/mol. The van der Waals surface area contributed by atoms with Crippen molar-refractivity contribution in [1.82, 2.24) is 0 Å². The molecule has 0 unspecified atom stereocenters. The Morgan fingerprint density at radius 2 is 1.58 bits per heavy atom. The molecule has 0 atom stereocenters. The lowest BCUT2D eigenvalue weighted by molar-refractivity contribution is -0.263. The van der Waals surface area contributed by atoms with Crippen molar-refractivity contribution < 1.29 is 24.0 Å². The Balaban J connectivity index is 0. The monoisotopic (exact) mass is 406 g/mol. The zero-order valence-electron chi connectivity index (χ0n) is 10.8. The van der Waals surface area contributed by atoms with Crippen LogP contribution in [0.25, 0.3) is 0 Å². The summed E-state index contributed by atoms with van der Waals surface area (Å²) in [5.74, 6) is 1.25. The van der Waals surface area contributed by atoms with Gasteiger partial charge in [-0.2, -0.15) is 9.35 Å². The second-order valence-corrected chi connectivity index (χ2v) is 11.7. The highest BCUT2D eigenvalue weighted by molar-refractivity contribution is 9.41. The van der Waals surface area contributed by atoms with E-state index < -0.39 is 8.60 Å². The van der Waals surface area contributed by atoms with Gasteiger partial charge in [0.05, 0.1) is 13.2 Å². The van der Waals surface area contributed by atoms with Crippen molar-refractivity contribution >= 4 is 70.4 Å². The van der Waals surface area contributed by atoms with Gasteiger partial charge in [-0.1, -0.05) is 29.4 Å². The molecule has 19 heavy (non-hydrogen) atoms. The molecule has 0 saturated carbocycles. The van der Waals surface area contributed by atoms with Crippen LogP contribution in [-0.2, 0) is 19.1 Å². The molecule has 0 bridgehead atoms. The van der Waals surface area contributed by atoms with Crippen molar-refractivity contribution in [2.75, 3.05) is 19.0 Å². The third-order valence-electron chi connectivity index (χ3n) is 0.890. The SMILES string of the molecule is CCCSSSSSS.CCOOP(O)OOCC. The number of hydrogen-bond acceptors (Lipinski definition) is 11. The summed E-state index contributed by atoms with van der Waals surface area (Å²) in [5.41, 5.74) is 0. The Hall–Kier alpha value is 2.33. The lowest BCUT2D eigenvalue weighted by atomic mass is 10.6. The number of thiol groups is 1. The van der Waals surface area contributed by atoms with E-state index in [1.807, 2.05) is 20.6 Å². The molecule has 0 aromatic carbocycles. The smallest absolute Gasteiger partial charge is 0.325 e. The maximum absolute atomic E-state index is 8.68. The molecule has 0 aliphatic rings. The highest BCUT2D eigenvalue weighted by atomic mass is 33.9. The summed E-state index contributed by atoms with van der Waals surface area (Å²) < 4.78 is 8.53. The maximum atomic E-state index is 8.68. The Morgan fingerprint density at radius 3 is 2.00 bits per heavy atom. The fourth-order valence-electron chi connectivity index (χ4n) is 0.369. The van der Waals surface area contributed by atoms with Crippen LogP contribution in [0.3, 0.4) is 0 Å². The lowest BCUT2D eigenvalue weighted by Crippen LogP contribution is -1.93. The van der Waals surface area contributed by atoms with Crippen LogP contribution in [0.5, 0.6) is 0 Å². The molecule has 1 N–H and O–H groups in total. The second kappa shape index (κ2) is 22.6. The molecule has 0 heterocycles. The van der Waals surface area contributed by atoms with Gasteiger partial charge in [-0.3, -0.25) is 0 Å². The van der Waals surface area contributed by atoms with Gasteiger partial charge in [0.25, 0.3) is 0 Å². The van der Waals surface area contributed by atoms with Gasteiger partial charge in [0.15, 0.2) is 0 Å². The van der Waals surface area contributed by atoms with Crippen LogP contribution in [-0.4, -0.2) is 23.9 Å². The van der Waals surface area contributed by atoms with Gasteiger partial charge >= 0.3 is 8.60 Å². The van der Waals surface area contributed by atoms with E-state index >= 15 is 0 Å². The summed E-state index contributed by atoms with van der Waals surface area (Å²) in [7, 11) is 6.67. The molecule has 5 nitrogen and oxygen atoms in total. The minimum atomic E-state index is -2.04. The molecule has 0 rings (SSSR count). The molecule has 0 aliphatic carbocycles. The predicted molar refractivity (Wildman–Crippen MR) is 96.7 cm³/mol. The van der Waals surface area contributed by atoms with Gasteiger partial charge < -0.3 is 4.89 Å². The highest BCUT2D eigenvalue weighted by Crippen LogP contribution is 2.49. The second-order valence-electron chi connectivity index (χ2n) is 2.30. The van der Waals surface area contributed by atoms with Crippen molar-refractivity contribution in [3.8, 4) is 0 Å².